The van der Waals surface area contributed by atoms with E-state index in [2.05, 4.69) is 4.74 Å². The number of aliphatic hydroxyl groups excluding tert-OH is 2. The number of rotatable bonds is 7. The molecule has 6 heteroatoms. The van der Waals surface area contributed by atoms with Crippen molar-refractivity contribution in [2.75, 3.05) is 19.8 Å². The minimum absolute atomic E-state index is 0.0521. The fraction of sp³-hybridized carbons (Fsp3) is 0.750. The van der Waals surface area contributed by atoms with E-state index in [1.54, 1.807) is 0 Å². The van der Waals surface area contributed by atoms with Gasteiger partial charge >= 0.3 is 11.9 Å². The first kappa shape index (κ1) is 12.9. The number of aliphatic hydroxyl groups is 2. The summed E-state index contributed by atoms with van der Waals surface area (Å²) in [4.78, 5) is 21.4. The first-order valence-electron chi connectivity index (χ1n) is 4.22. The van der Waals surface area contributed by atoms with Crippen molar-refractivity contribution in [1.82, 2.24) is 0 Å². The van der Waals surface area contributed by atoms with Gasteiger partial charge in [-0.05, 0) is 6.42 Å². The Labute approximate surface area is 81.1 Å². The van der Waals surface area contributed by atoms with Crippen molar-refractivity contribution in [2.45, 2.75) is 12.8 Å². The number of hydrogen-bond donors (Lipinski definition) is 3. The van der Waals surface area contributed by atoms with Crippen molar-refractivity contribution in [1.29, 1.82) is 0 Å². The SMILES string of the molecule is O=C(O)CC(CCO)C(=O)OCCO. The molecule has 14 heavy (non-hydrogen) atoms. The first-order chi connectivity index (χ1) is 6.61. The van der Waals surface area contributed by atoms with Crippen LogP contribution in [-0.2, 0) is 14.3 Å². The normalized spacial score (nSPS) is 12.1. The summed E-state index contributed by atoms with van der Waals surface area (Å²) in [5, 5.41) is 25.4. The number of carboxylic acids is 1. The van der Waals surface area contributed by atoms with E-state index in [1.807, 2.05) is 0 Å². The fourth-order valence-corrected chi connectivity index (χ4v) is 0.934. The molecule has 0 aromatic rings. The summed E-state index contributed by atoms with van der Waals surface area (Å²) in [6.45, 7) is -0.725. The zero-order valence-corrected chi connectivity index (χ0v) is 7.68. The van der Waals surface area contributed by atoms with Crippen LogP contribution in [0.5, 0.6) is 0 Å². The van der Waals surface area contributed by atoms with Gasteiger partial charge in [0.2, 0.25) is 0 Å². The molecule has 1 unspecified atom stereocenters. The first-order valence-corrected chi connectivity index (χ1v) is 4.22. The predicted molar refractivity (Wildman–Crippen MR) is 45.5 cm³/mol. The highest BCUT2D eigenvalue weighted by atomic mass is 16.5. The molecule has 0 aliphatic rings. The number of ether oxygens (including phenoxy) is 1. The number of hydrogen-bond acceptors (Lipinski definition) is 5. The van der Waals surface area contributed by atoms with Crippen LogP contribution < -0.4 is 0 Å². The number of aliphatic carboxylic acids is 1. The van der Waals surface area contributed by atoms with E-state index in [4.69, 9.17) is 15.3 Å². The highest BCUT2D eigenvalue weighted by Gasteiger charge is 2.22. The van der Waals surface area contributed by atoms with E-state index in [0.29, 0.717) is 0 Å². The Balaban J connectivity index is 4.03. The third kappa shape index (κ3) is 5.50. The van der Waals surface area contributed by atoms with E-state index >= 15 is 0 Å². The zero-order chi connectivity index (χ0) is 11.0. The van der Waals surface area contributed by atoms with Gasteiger partial charge in [-0.2, -0.15) is 0 Å². The second-order valence-corrected chi connectivity index (χ2v) is 2.70. The predicted octanol–water partition coefficient (Wildman–Crippen LogP) is -1.00. The number of carbonyl (C=O) groups is 2. The van der Waals surface area contributed by atoms with Gasteiger partial charge in [-0.1, -0.05) is 0 Å². The molecule has 6 nitrogen and oxygen atoms in total. The maximum Gasteiger partial charge on any atom is 0.309 e. The molecule has 0 radical (unpaired) electrons. The van der Waals surface area contributed by atoms with E-state index in [9.17, 15) is 9.59 Å². The Morgan fingerprint density at radius 3 is 2.29 bits per heavy atom. The molecule has 0 saturated heterocycles. The lowest BCUT2D eigenvalue weighted by molar-refractivity contribution is -0.154. The molecule has 0 rings (SSSR count). The molecule has 0 heterocycles. The van der Waals surface area contributed by atoms with Crippen molar-refractivity contribution in [3.63, 3.8) is 0 Å². The van der Waals surface area contributed by atoms with Crippen molar-refractivity contribution in [2.24, 2.45) is 5.92 Å². The van der Waals surface area contributed by atoms with Crippen LogP contribution in [0.1, 0.15) is 12.8 Å². The Hall–Kier alpha value is -1.14. The molecule has 0 spiro atoms. The number of esters is 1. The second kappa shape index (κ2) is 7.28. The van der Waals surface area contributed by atoms with Crippen LogP contribution in [-0.4, -0.2) is 47.1 Å². The minimum atomic E-state index is -1.12. The maximum atomic E-state index is 11.1. The second-order valence-electron chi connectivity index (χ2n) is 2.70. The topological polar surface area (TPSA) is 104 Å². The van der Waals surface area contributed by atoms with Crippen LogP contribution in [0.15, 0.2) is 0 Å². The summed E-state index contributed by atoms with van der Waals surface area (Å²) >= 11 is 0. The average molecular weight is 206 g/mol. The van der Waals surface area contributed by atoms with Crippen LogP contribution in [0.3, 0.4) is 0 Å². The third-order valence-electron chi connectivity index (χ3n) is 1.57. The quantitative estimate of drug-likeness (QED) is 0.461. The van der Waals surface area contributed by atoms with Crippen LogP contribution in [0.4, 0.5) is 0 Å². The van der Waals surface area contributed by atoms with Crippen LogP contribution >= 0.6 is 0 Å². The van der Waals surface area contributed by atoms with Gasteiger partial charge in [-0.15, -0.1) is 0 Å². The molecule has 0 aliphatic heterocycles. The van der Waals surface area contributed by atoms with Gasteiger partial charge < -0.3 is 20.1 Å². The van der Waals surface area contributed by atoms with Crippen molar-refractivity contribution in [3.8, 4) is 0 Å². The highest BCUT2D eigenvalue weighted by Crippen LogP contribution is 2.10. The summed E-state index contributed by atoms with van der Waals surface area (Å²) in [5.74, 6) is -2.66. The van der Waals surface area contributed by atoms with Gasteiger partial charge in [0.05, 0.1) is 18.9 Å². The lowest BCUT2D eigenvalue weighted by atomic mass is 10.0. The maximum absolute atomic E-state index is 11.1. The third-order valence-corrected chi connectivity index (χ3v) is 1.57. The largest absolute Gasteiger partial charge is 0.481 e. The summed E-state index contributed by atoms with van der Waals surface area (Å²) < 4.78 is 4.54. The number of carbonyl (C=O) groups excluding carboxylic acids is 1. The molecule has 3 N–H and O–H groups in total. The zero-order valence-electron chi connectivity index (χ0n) is 7.68. The van der Waals surface area contributed by atoms with E-state index in [1.165, 1.54) is 0 Å². The molecule has 0 bridgehead atoms. The molecular formula is C8H14O6. The average Bonchev–Trinajstić information content (AvgIpc) is 2.13. The van der Waals surface area contributed by atoms with E-state index < -0.39 is 17.9 Å². The molecule has 0 amide bonds. The molecule has 0 aromatic carbocycles. The van der Waals surface area contributed by atoms with Gasteiger partial charge in [-0.3, -0.25) is 9.59 Å². The summed E-state index contributed by atoms with van der Waals surface area (Å²) in [5.41, 5.74) is 0. The molecular weight excluding hydrogens is 192 g/mol. The van der Waals surface area contributed by atoms with E-state index in [-0.39, 0.29) is 32.7 Å². The Bertz CT molecular complexity index is 190. The van der Waals surface area contributed by atoms with Gasteiger partial charge in [0.1, 0.15) is 6.61 Å². The molecule has 1 atom stereocenters. The van der Waals surface area contributed by atoms with Gasteiger partial charge in [0.15, 0.2) is 0 Å². The summed E-state index contributed by atoms with van der Waals surface area (Å²) in [6.07, 6.45) is -0.318. The van der Waals surface area contributed by atoms with Crippen LogP contribution in [0.25, 0.3) is 0 Å². The Morgan fingerprint density at radius 1 is 1.21 bits per heavy atom. The molecule has 0 fully saturated rings. The van der Waals surface area contributed by atoms with Gasteiger partial charge in [0.25, 0.3) is 0 Å². The molecule has 0 saturated carbocycles. The smallest absolute Gasteiger partial charge is 0.309 e. The van der Waals surface area contributed by atoms with Crippen molar-refractivity contribution < 1.29 is 29.6 Å². The Kier molecular flexibility index (Phi) is 6.69. The van der Waals surface area contributed by atoms with Crippen LogP contribution in [0, 0.1) is 5.92 Å². The number of carboxylic acid groups (broad SMARTS) is 1. The van der Waals surface area contributed by atoms with Gasteiger partial charge in [-0.25, -0.2) is 0 Å². The highest BCUT2D eigenvalue weighted by molar-refractivity contribution is 5.79. The van der Waals surface area contributed by atoms with Crippen molar-refractivity contribution >= 4 is 11.9 Å². The summed E-state index contributed by atoms with van der Waals surface area (Å²) in [7, 11) is 0. The Morgan fingerprint density at radius 2 is 1.86 bits per heavy atom. The van der Waals surface area contributed by atoms with E-state index in [0.717, 1.165) is 0 Å². The molecule has 0 aliphatic carbocycles. The lowest BCUT2D eigenvalue weighted by Gasteiger charge is -2.11. The fourth-order valence-electron chi connectivity index (χ4n) is 0.934. The molecule has 0 aromatic heterocycles. The summed E-state index contributed by atoms with van der Waals surface area (Å²) in [6, 6.07) is 0. The van der Waals surface area contributed by atoms with Crippen LogP contribution in [0.2, 0.25) is 0 Å². The standard InChI is InChI=1S/C8H14O6/c9-2-1-6(5-7(11)12)8(13)14-4-3-10/h6,9-10H,1-5H2,(H,11,12). The monoisotopic (exact) mass is 206 g/mol. The van der Waals surface area contributed by atoms with Crippen molar-refractivity contribution in [3.05, 3.63) is 0 Å². The minimum Gasteiger partial charge on any atom is -0.481 e. The lowest BCUT2D eigenvalue weighted by Crippen LogP contribution is -2.23. The van der Waals surface area contributed by atoms with Gasteiger partial charge in [0, 0.05) is 6.61 Å². The molecule has 82 valence electrons.